The van der Waals surface area contributed by atoms with Gasteiger partial charge in [0.25, 0.3) is 0 Å². The molecule has 0 amide bonds. The molecule has 0 heterocycles. The third-order valence-corrected chi connectivity index (χ3v) is 4.64. The lowest BCUT2D eigenvalue weighted by atomic mass is 9.89. The number of phenols is 1. The van der Waals surface area contributed by atoms with E-state index in [-0.39, 0.29) is 5.75 Å². The van der Waals surface area contributed by atoms with Crippen molar-refractivity contribution in [3.8, 4) is 33.8 Å². The van der Waals surface area contributed by atoms with Crippen molar-refractivity contribution in [2.45, 2.75) is 33.6 Å². The van der Waals surface area contributed by atoms with Crippen LogP contribution in [0.5, 0.6) is 11.5 Å². The molecule has 1 N–H and O–H groups in total. The highest BCUT2D eigenvalue weighted by molar-refractivity contribution is 5.90. The van der Waals surface area contributed by atoms with Crippen molar-refractivity contribution in [2.24, 2.45) is 0 Å². The zero-order valence-corrected chi connectivity index (χ0v) is 15.9. The molecule has 0 aliphatic rings. The molecular formula is C24H25O2. The zero-order valence-electron chi connectivity index (χ0n) is 15.9. The molecule has 3 aromatic rings. The summed E-state index contributed by atoms with van der Waals surface area (Å²) < 4.78 is 5.66. The van der Waals surface area contributed by atoms with E-state index in [2.05, 4.69) is 75.4 Å². The average Bonchev–Trinajstić information content (AvgIpc) is 2.64. The van der Waals surface area contributed by atoms with Gasteiger partial charge in [0, 0.05) is 16.7 Å². The fourth-order valence-electron chi connectivity index (χ4n) is 3.20. The summed E-state index contributed by atoms with van der Waals surface area (Å²) in [4.78, 5) is 0. The molecule has 0 atom stereocenters. The second-order valence-corrected chi connectivity index (χ2v) is 6.72. The van der Waals surface area contributed by atoms with E-state index in [0.29, 0.717) is 5.75 Å². The standard InChI is InChI=1S/C24H25O2/c1-5-6-20-15-21(18-11-7-16(2)8-12-18)22(24(26-4)23(20)25)19-13-9-17(3)10-14-19/h7-14,25H,5-6H2,1-4H3. The molecule has 0 unspecified atom stereocenters. The molecular weight excluding hydrogens is 320 g/mol. The first-order chi connectivity index (χ1) is 12.5. The fraction of sp³-hybridized carbons (Fsp3) is 0.250. The van der Waals surface area contributed by atoms with Crippen LogP contribution in [0.15, 0.2) is 48.5 Å². The Morgan fingerprint density at radius 3 is 1.92 bits per heavy atom. The van der Waals surface area contributed by atoms with Gasteiger partial charge >= 0.3 is 0 Å². The third kappa shape index (κ3) is 3.45. The molecule has 133 valence electrons. The van der Waals surface area contributed by atoms with Crippen LogP contribution in [0.1, 0.15) is 30.0 Å². The highest BCUT2D eigenvalue weighted by Crippen LogP contribution is 2.46. The second kappa shape index (κ2) is 7.65. The Morgan fingerprint density at radius 2 is 1.42 bits per heavy atom. The van der Waals surface area contributed by atoms with Crippen LogP contribution < -0.4 is 4.74 Å². The number of methoxy groups -OCH3 is 1. The number of hydrogen-bond acceptors (Lipinski definition) is 2. The van der Waals surface area contributed by atoms with Crippen LogP contribution >= 0.6 is 0 Å². The van der Waals surface area contributed by atoms with E-state index in [1.807, 2.05) is 0 Å². The normalized spacial score (nSPS) is 10.8. The Bertz CT molecular complexity index is 891. The summed E-state index contributed by atoms with van der Waals surface area (Å²) in [7, 11) is 1.61. The first-order valence-electron chi connectivity index (χ1n) is 9.04. The highest BCUT2D eigenvalue weighted by atomic mass is 16.5. The van der Waals surface area contributed by atoms with Crippen molar-refractivity contribution >= 4 is 0 Å². The molecule has 2 nitrogen and oxygen atoms in total. The van der Waals surface area contributed by atoms with E-state index in [0.717, 1.165) is 40.7 Å². The van der Waals surface area contributed by atoms with Crippen LogP contribution in [-0.4, -0.2) is 12.2 Å². The topological polar surface area (TPSA) is 29.5 Å². The molecule has 26 heavy (non-hydrogen) atoms. The fourth-order valence-corrected chi connectivity index (χ4v) is 3.20. The molecule has 0 saturated heterocycles. The number of ether oxygens (including phenoxy) is 1. The van der Waals surface area contributed by atoms with Gasteiger partial charge in [-0.15, -0.1) is 0 Å². The predicted molar refractivity (Wildman–Crippen MR) is 108 cm³/mol. The maximum Gasteiger partial charge on any atom is 0.169 e. The maximum atomic E-state index is 10.8. The van der Waals surface area contributed by atoms with Crippen LogP contribution in [0, 0.1) is 19.9 Å². The number of phenolic OH excluding ortho intramolecular Hbond substituents is 1. The van der Waals surface area contributed by atoms with Gasteiger partial charge in [-0.1, -0.05) is 73.0 Å². The van der Waals surface area contributed by atoms with Gasteiger partial charge in [0.15, 0.2) is 11.5 Å². The van der Waals surface area contributed by atoms with Gasteiger partial charge in [0.1, 0.15) is 0 Å². The van der Waals surface area contributed by atoms with Crippen LogP contribution in [0.3, 0.4) is 0 Å². The van der Waals surface area contributed by atoms with Gasteiger partial charge in [-0.2, -0.15) is 0 Å². The molecule has 2 heteroatoms. The zero-order chi connectivity index (χ0) is 18.7. The molecule has 0 aromatic heterocycles. The third-order valence-electron chi connectivity index (χ3n) is 4.64. The first-order valence-corrected chi connectivity index (χ1v) is 9.04. The van der Waals surface area contributed by atoms with Crippen LogP contribution in [0.2, 0.25) is 0 Å². The van der Waals surface area contributed by atoms with Crippen LogP contribution in [0.25, 0.3) is 22.3 Å². The molecule has 0 aliphatic heterocycles. The Labute approximate surface area is 156 Å². The lowest BCUT2D eigenvalue weighted by molar-refractivity contribution is 0.372. The Morgan fingerprint density at radius 1 is 0.885 bits per heavy atom. The van der Waals surface area contributed by atoms with Gasteiger partial charge < -0.3 is 9.84 Å². The van der Waals surface area contributed by atoms with Crippen LogP contribution in [-0.2, 0) is 6.42 Å². The first kappa shape index (κ1) is 18.1. The number of rotatable bonds is 5. The summed E-state index contributed by atoms with van der Waals surface area (Å²) in [6, 6.07) is 20.2. The quantitative estimate of drug-likeness (QED) is 0.605. The molecule has 0 aliphatic carbocycles. The van der Waals surface area contributed by atoms with Crippen molar-refractivity contribution in [1.29, 1.82) is 0 Å². The van der Waals surface area contributed by atoms with Crippen molar-refractivity contribution < 1.29 is 9.84 Å². The van der Waals surface area contributed by atoms with Crippen LogP contribution in [0.4, 0.5) is 0 Å². The van der Waals surface area contributed by atoms with Crippen molar-refractivity contribution in [1.82, 2.24) is 0 Å². The molecule has 0 fully saturated rings. The number of hydrogen-bond donors (Lipinski definition) is 1. The van der Waals surface area contributed by atoms with E-state index >= 15 is 0 Å². The molecule has 3 rings (SSSR count). The smallest absolute Gasteiger partial charge is 0.169 e. The van der Waals surface area contributed by atoms with Gasteiger partial charge in [-0.25, -0.2) is 0 Å². The van der Waals surface area contributed by atoms with Gasteiger partial charge in [-0.05, 0) is 37.5 Å². The Balaban J connectivity index is 2.33. The van der Waals surface area contributed by atoms with Crippen molar-refractivity contribution in [2.75, 3.05) is 7.11 Å². The molecule has 1 radical (unpaired) electrons. The minimum atomic E-state index is 0.195. The second-order valence-electron chi connectivity index (χ2n) is 6.72. The predicted octanol–water partition coefficient (Wildman–Crippen LogP) is 6.10. The minimum absolute atomic E-state index is 0.195. The molecule has 3 aromatic carbocycles. The maximum absolute atomic E-state index is 10.8. The summed E-state index contributed by atoms with van der Waals surface area (Å²) in [5, 5.41) is 10.8. The van der Waals surface area contributed by atoms with E-state index < -0.39 is 0 Å². The van der Waals surface area contributed by atoms with Gasteiger partial charge in [0.2, 0.25) is 0 Å². The molecule has 0 bridgehead atoms. The van der Waals surface area contributed by atoms with Crippen molar-refractivity contribution in [3.63, 3.8) is 0 Å². The Hall–Kier alpha value is -2.74. The number of aromatic hydroxyl groups is 1. The summed E-state index contributed by atoms with van der Waals surface area (Å²) in [5.74, 6) is 0.715. The number of aryl methyl sites for hydroxylation is 3. The van der Waals surface area contributed by atoms with E-state index in [9.17, 15) is 5.11 Å². The lowest BCUT2D eigenvalue weighted by Crippen LogP contribution is -1.97. The van der Waals surface area contributed by atoms with E-state index in [1.165, 1.54) is 11.1 Å². The van der Waals surface area contributed by atoms with Gasteiger partial charge in [0.05, 0.1) is 7.11 Å². The average molecular weight is 345 g/mol. The minimum Gasteiger partial charge on any atom is -0.504 e. The Kier molecular flexibility index (Phi) is 5.32. The lowest BCUT2D eigenvalue weighted by Gasteiger charge is -2.19. The molecule has 0 spiro atoms. The van der Waals surface area contributed by atoms with Gasteiger partial charge in [-0.3, -0.25) is 0 Å². The monoisotopic (exact) mass is 345 g/mol. The summed E-state index contributed by atoms with van der Waals surface area (Å²) in [6.07, 6.45) is 1.69. The summed E-state index contributed by atoms with van der Waals surface area (Å²) in [6.45, 7) is 6.24. The van der Waals surface area contributed by atoms with Crippen molar-refractivity contribution in [3.05, 3.63) is 71.3 Å². The molecule has 0 saturated carbocycles. The highest BCUT2D eigenvalue weighted by Gasteiger charge is 2.21. The summed E-state index contributed by atoms with van der Waals surface area (Å²) in [5.41, 5.74) is 7.14. The van der Waals surface area contributed by atoms with E-state index in [4.69, 9.17) is 4.74 Å². The SMILES string of the molecule is CCCc1[c]c(-c2ccc(C)cc2)c(-c2ccc(C)cc2)c(OC)c1O. The summed E-state index contributed by atoms with van der Waals surface area (Å²) >= 11 is 0. The largest absolute Gasteiger partial charge is 0.504 e. The van der Waals surface area contributed by atoms with E-state index in [1.54, 1.807) is 7.11 Å². The number of benzene rings is 3.